The first-order valence-electron chi connectivity index (χ1n) is 5.91. The molecule has 2 atom stereocenters. The lowest BCUT2D eigenvalue weighted by Gasteiger charge is -2.36. The Kier molecular flexibility index (Phi) is 5.58. The minimum atomic E-state index is 0.0250. The Morgan fingerprint density at radius 2 is 2.31 bits per heavy atom. The number of nitrogens with two attached hydrogens (primary N) is 1. The summed E-state index contributed by atoms with van der Waals surface area (Å²) in [6.07, 6.45) is 1.51. The predicted octanol–water partition coefficient (Wildman–Crippen LogP) is 0.438. The van der Waals surface area contributed by atoms with Crippen LogP contribution >= 0.6 is 12.6 Å². The molecule has 0 aromatic heterocycles. The van der Waals surface area contributed by atoms with E-state index < -0.39 is 0 Å². The van der Waals surface area contributed by atoms with Crippen molar-refractivity contribution in [2.45, 2.75) is 38.8 Å². The lowest BCUT2D eigenvalue weighted by molar-refractivity contribution is -0.122. The van der Waals surface area contributed by atoms with Crippen LogP contribution in [0.2, 0.25) is 0 Å². The van der Waals surface area contributed by atoms with Crippen molar-refractivity contribution in [2.75, 3.05) is 19.0 Å². The molecule has 0 aromatic carbocycles. The molecule has 1 aliphatic heterocycles. The molecule has 2 unspecified atom stereocenters. The van der Waals surface area contributed by atoms with Crippen molar-refractivity contribution in [3.63, 3.8) is 0 Å². The monoisotopic (exact) mass is 245 g/mol. The van der Waals surface area contributed by atoms with Gasteiger partial charge in [-0.25, -0.2) is 0 Å². The maximum Gasteiger partial charge on any atom is 0.220 e. The molecule has 0 saturated carbocycles. The quantitative estimate of drug-likeness (QED) is 0.630. The number of amides is 1. The Morgan fingerprint density at radius 1 is 1.62 bits per heavy atom. The number of nitrogens with zero attached hydrogens (tertiary/aromatic N) is 1. The second kappa shape index (κ2) is 6.47. The van der Waals surface area contributed by atoms with Gasteiger partial charge in [-0.1, -0.05) is 13.8 Å². The highest BCUT2D eigenvalue weighted by molar-refractivity contribution is 7.80. The van der Waals surface area contributed by atoms with Gasteiger partial charge in [-0.15, -0.1) is 0 Å². The smallest absolute Gasteiger partial charge is 0.220 e. The molecule has 1 heterocycles. The molecule has 1 rings (SSSR count). The molecule has 1 amide bonds. The molecule has 0 aromatic rings. The van der Waals surface area contributed by atoms with E-state index in [1.165, 1.54) is 0 Å². The summed E-state index contributed by atoms with van der Waals surface area (Å²) < 4.78 is 0. The minimum absolute atomic E-state index is 0.0250. The highest BCUT2D eigenvalue weighted by atomic mass is 32.1. The van der Waals surface area contributed by atoms with Crippen LogP contribution in [0.4, 0.5) is 0 Å². The van der Waals surface area contributed by atoms with E-state index in [1.54, 1.807) is 0 Å². The van der Waals surface area contributed by atoms with Gasteiger partial charge in [0.25, 0.3) is 0 Å². The third-order valence-corrected chi connectivity index (χ3v) is 3.28. The Morgan fingerprint density at radius 3 is 2.81 bits per heavy atom. The van der Waals surface area contributed by atoms with E-state index in [0.717, 1.165) is 25.4 Å². The van der Waals surface area contributed by atoms with Crippen molar-refractivity contribution in [1.29, 1.82) is 0 Å². The maximum absolute atomic E-state index is 11.6. The molecule has 1 saturated heterocycles. The van der Waals surface area contributed by atoms with Crippen molar-refractivity contribution in [3.8, 4) is 0 Å². The molecular formula is C11H23N3OS. The largest absolute Gasteiger partial charge is 0.352 e. The van der Waals surface area contributed by atoms with Gasteiger partial charge in [0.1, 0.15) is 0 Å². The number of hydrogen-bond donors (Lipinski definition) is 3. The number of carbonyl (C=O) groups is 1. The average Bonchev–Trinajstić information content (AvgIpc) is 2.19. The Labute approximate surface area is 103 Å². The number of nitrogens with one attached hydrogen (secondary N) is 1. The van der Waals surface area contributed by atoms with Crippen LogP contribution in [0.25, 0.3) is 0 Å². The summed E-state index contributed by atoms with van der Waals surface area (Å²) in [5, 5.41) is 3.03. The first-order chi connectivity index (χ1) is 7.52. The van der Waals surface area contributed by atoms with Crippen molar-refractivity contribution in [1.82, 2.24) is 10.2 Å². The fourth-order valence-corrected chi connectivity index (χ4v) is 2.25. The lowest BCUT2D eigenvalue weighted by atomic mass is 10.00. The van der Waals surface area contributed by atoms with Gasteiger partial charge < -0.3 is 11.1 Å². The lowest BCUT2D eigenvalue weighted by Crippen LogP contribution is -2.57. The van der Waals surface area contributed by atoms with Gasteiger partial charge in [-0.2, -0.15) is 12.6 Å². The number of rotatable bonds is 4. The number of likely N-dealkylation sites (tertiary alicyclic amines) is 1. The molecule has 4 nitrogen and oxygen atoms in total. The Bertz CT molecular complexity index is 235. The van der Waals surface area contributed by atoms with E-state index in [1.807, 2.05) is 13.8 Å². The summed E-state index contributed by atoms with van der Waals surface area (Å²) in [4.78, 5) is 13.8. The number of thiol groups is 1. The van der Waals surface area contributed by atoms with E-state index in [4.69, 9.17) is 5.73 Å². The van der Waals surface area contributed by atoms with Gasteiger partial charge in [0.15, 0.2) is 0 Å². The van der Waals surface area contributed by atoms with Crippen LogP contribution in [0.3, 0.4) is 0 Å². The summed E-state index contributed by atoms with van der Waals surface area (Å²) in [5.74, 6) is 1.25. The van der Waals surface area contributed by atoms with E-state index in [9.17, 15) is 4.79 Å². The van der Waals surface area contributed by atoms with Crippen LogP contribution in [0, 0.1) is 5.92 Å². The molecule has 0 spiro atoms. The molecule has 16 heavy (non-hydrogen) atoms. The van der Waals surface area contributed by atoms with E-state index in [-0.39, 0.29) is 18.0 Å². The van der Waals surface area contributed by atoms with Crippen LogP contribution in [-0.4, -0.2) is 41.9 Å². The summed E-state index contributed by atoms with van der Waals surface area (Å²) in [6, 6.07) is 0.152. The van der Waals surface area contributed by atoms with E-state index in [2.05, 4.69) is 22.8 Å². The Balaban J connectivity index is 2.35. The zero-order valence-electron chi connectivity index (χ0n) is 10.1. The molecule has 0 aliphatic carbocycles. The molecule has 0 bridgehead atoms. The second-order valence-electron chi connectivity index (χ2n) is 4.94. The van der Waals surface area contributed by atoms with Crippen LogP contribution in [-0.2, 0) is 4.79 Å². The van der Waals surface area contributed by atoms with Crippen molar-refractivity contribution in [2.24, 2.45) is 11.7 Å². The number of carbonyl (C=O) groups excluding carboxylic acids is 1. The third kappa shape index (κ3) is 4.31. The molecule has 3 N–H and O–H groups in total. The van der Waals surface area contributed by atoms with Crippen LogP contribution < -0.4 is 11.1 Å². The van der Waals surface area contributed by atoms with Gasteiger partial charge in [0.2, 0.25) is 5.91 Å². The normalized spacial score (nSPS) is 27.1. The first-order valence-corrected chi connectivity index (χ1v) is 6.54. The minimum Gasteiger partial charge on any atom is -0.352 e. The highest BCUT2D eigenvalue weighted by Crippen LogP contribution is 2.10. The van der Waals surface area contributed by atoms with Gasteiger partial charge in [-0.3, -0.25) is 9.69 Å². The fourth-order valence-electron chi connectivity index (χ4n) is 2.00. The van der Waals surface area contributed by atoms with Gasteiger partial charge in [-0.05, 0) is 12.3 Å². The zero-order valence-corrected chi connectivity index (χ0v) is 11.0. The molecule has 94 valence electrons. The molecule has 1 aliphatic rings. The van der Waals surface area contributed by atoms with Crippen LogP contribution in [0.15, 0.2) is 0 Å². The molecule has 5 heteroatoms. The fraction of sp³-hybridized carbons (Fsp3) is 0.909. The predicted molar refractivity (Wildman–Crippen MR) is 69.4 cm³/mol. The first kappa shape index (κ1) is 13.8. The third-order valence-electron chi connectivity index (χ3n) is 2.88. The van der Waals surface area contributed by atoms with Gasteiger partial charge >= 0.3 is 0 Å². The SMILES string of the molecule is CC(C)CC(=O)NC1CCN(CS)CC1N. The maximum atomic E-state index is 11.6. The summed E-state index contributed by atoms with van der Waals surface area (Å²) >= 11 is 4.23. The number of hydrogen-bond acceptors (Lipinski definition) is 4. The average molecular weight is 245 g/mol. The van der Waals surface area contributed by atoms with Gasteiger partial charge in [0.05, 0.1) is 0 Å². The molecular weight excluding hydrogens is 222 g/mol. The summed E-state index contributed by atoms with van der Waals surface area (Å²) in [6.45, 7) is 5.87. The van der Waals surface area contributed by atoms with Gasteiger partial charge in [0, 0.05) is 37.5 Å². The van der Waals surface area contributed by atoms with Crippen molar-refractivity contribution >= 4 is 18.5 Å². The summed E-state index contributed by atoms with van der Waals surface area (Å²) in [5.41, 5.74) is 6.03. The van der Waals surface area contributed by atoms with Crippen LogP contribution in [0.1, 0.15) is 26.7 Å². The van der Waals surface area contributed by atoms with E-state index >= 15 is 0 Å². The molecule has 1 fully saturated rings. The van der Waals surface area contributed by atoms with E-state index in [0.29, 0.717) is 12.3 Å². The highest BCUT2D eigenvalue weighted by Gasteiger charge is 2.26. The molecule has 0 radical (unpaired) electrons. The van der Waals surface area contributed by atoms with Crippen molar-refractivity contribution < 1.29 is 4.79 Å². The zero-order chi connectivity index (χ0) is 12.1. The summed E-state index contributed by atoms with van der Waals surface area (Å²) in [7, 11) is 0. The van der Waals surface area contributed by atoms with Crippen LogP contribution in [0.5, 0.6) is 0 Å². The van der Waals surface area contributed by atoms with Crippen molar-refractivity contribution in [3.05, 3.63) is 0 Å². The topological polar surface area (TPSA) is 58.4 Å². The second-order valence-corrected chi connectivity index (χ2v) is 5.23. The Hall–Kier alpha value is -0.260. The number of piperidine rings is 1. The standard InChI is InChI=1S/C11H23N3OS/c1-8(2)5-11(15)13-10-3-4-14(7-16)6-9(10)12/h8-10,16H,3-7,12H2,1-2H3,(H,13,15).